The smallest absolute Gasteiger partial charge is 0.348 e. The first-order valence-electron chi connectivity index (χ1n) is 10.1. The maximum atomic E-state index is 13.1. The molecule has 0 bridgehead atoms. The van der Waals surface area contributed by atoms with Crippen LogP contribution in [0.3, 0.4) is 0 Å². The summed E-state index contributed by atoms with van der Waals surface area (Å²) in [7, 11) is -3.82. The van der Waals surface area contributed by atoms with E-state index in [1.807, 2.05) is 6.07 Å². The molecule has 32 heavy (non-hydrogen) atoms. The van der Waals surface area contributed by atoms with Gasteiger partial charge < -0.3 is 10.1 Å². The van der Waals surface area contributed by atoms with Gasteiger partial charge in [-0.15, -0.1) is 11.3 Å². The second-order valence-corrected chi connectivity index (χ2v) is 10.7. The molecule has 0 radical (unpaired) electrons. The van der Waals surface area contributed by atoms with Gasteiger partial charge in [0.1, 0.15) is 10.9 Å². The van der Waals surface area contributed by atoms with Gasteiger partial charge in [0.2, 0.25) is 15.9 Å². The van der Waals surface area contributed by atoms with Gasteiger partial charge in [0, 0.05) is 22.0 Å². The molecule has 2 heterocycles. The first kappa shape index (κ1) is 22.7. The molecule has 1 aliphatic heterocycles. The molecule has 2 aromatic carbocycles. The summed E-state index contributed by atoms with van der Waals surface area (Å²) in [4.78, 5) is 25.5. The number of nitrogens with one attached hydrogen (secondary N) is 1. The first-order valence-corrected chi connectivity index (χ1v) is 12.7. The van der Waals surface area contributed by atoms with E-state index in [2.05, 4.69) is 5.32 Å². The molecule has 3 aromatic rings. The van der Waals surface area contributed by atoms with Crippen LogP contribution in [0, 0.1) is 0 Å². The molecule has 0 saturated carbocycles. The highest BCUT2D eigenvalue weighted by molar-refractivity contribution is 7.89. The van der Waals surface area contributed by atoms with Crippen molar-refractivity contribution in [1.29, 1.82) is 0 Å². The fourth-order valence-corrected chi connectivity index (χ4v) is 6.40. The van der Waals surface area contributed by atoms with Gasteiger partial charge in [-0.2, -0.15) is 4.31 Å². The van der Waals surface area contributed by atoms with E-state index in [9.17, 15) is 18.0 Å². The molecule has 1 saturated heterocycles. The second kappa shape index (κ2) is 9.19. The van der Waals surface area contributed by atoms with Gasteiger partial charge in [0.05, 0.1) is 11.5 Å². The van der Waals surface area contributed by atoms with Crippen LogP contribution in [0.5, 0.6) is 0 Å². The number of nitrogens with zero attached hydrogens (tertiary/aromatic N) is 1. The highest BCUT2D eigenvalue weighted by Crippen LogP contribution is 2.30. The molecule has 1 amide bonds. The van der Waals surface area contributed by atoms with Gasteiger partial charge in [0.25, 0.3) is 0 Å². The summed E-state index contributed by atoms with van der Waals surface area (Å²) in [5.74, 6) is -0.770. The molecular formula is C22H21ClN2O5S2. The number of rotatable bonds is 6. The number of amides is 1. The summed E-state index contributed by atoms with van der Waals surface area (Å²) < 4.78 is 33.3. The number of sulfonamides is 1. The number of esters is 1. The van der Waals surface area contributed by atoms with Gasteiger partial charge in [-0.1, -0.05) is 11.6 Å². The molecule has 1 aromatic heterocycles. The van der Waals surface area contributed by atoms with Crippen molar-refractivity contribution in [3.8, 4) is 0 Å². The Labute approximate surface area is 195 Å². The molecule has 1 aliphatic rings. The van der Waals surface area contributed by atoms with Gasteiger partial charge in [-0.05, 0) is 73.7 Å². The Kier molecular flexibility index (Phi) is 6.52. The van der Waals surface area contributed by atoms with E-state index < -0.39 is 16.1 Å². The summed E-state index contributed by atoms with van der Waals surface area (Å²) >= 11 is 7.19. The summed E-state index contributed by atoms with van der Waals surface area (Å²) in [6.45, 7) is 2.32. The van der Waals surface area contributed by atoms with Crippen LogP contribution < -0.4 is 5.32 Å². The van der Waals surface area contributed by atoms with E-state index in [4.69, 9.17) is 16.3 Å². The number of fused-ring (bicyclic) bond motifs is 1. The Morgan fingerprint density at radius 1 is 1.19 bits per heavy atom. The average Bonchev–Trinajstić information content (AvgIpc) is 3.42. The number of anilines is 1. The van der Waals surface area contributed by atoms with E-state index in [0.717, 1.165) is 10.1 Å². The lowest BCUT2D eigenvalue weighted by Gasteiger charge is -2.23. The van der Waals surface area contributed by atoms with E-state index in [-0.39, 0.29) is 23.3 Å². The van der Waals surface area contributed by atoms with Crippen molar-refractivity contribution in [2.45, 2.75) is 30.7 Å². The second-order valence-electron chi connectivity index (χ2n) is 7.30. The molecular weight excluding hydrogens is 472 g/mol. The standard InChI is InChI=1S/C22H21ClN2O5S2/c1-2-30-22(27)20-13-14-12-16(7-10-19(14)31-20)24-21(26)18-4-3-11-25(18)32(28,29)17-8-5-15(23)6-9-17/h5-10,12-13,18H,2-4,11H2,1H3,(H,24,26). The van der Waals surface area contributed by atoms with Crippen LogP contribution >= 0.6 is 22.9 Å². The van der Waals surface area contributed by atoms with E-state index >= 15 is 0 Å². The number of benzene rings is 2. The third-order valence-corrected chi connectivity index (χ3v) is 8.46. The topological polar surface area (TPSA) is 92.8 Å². The maximum absolute atomic E-state index is 13.1. The Morgan fingerprint density at radius 3 is 2.66 bits per heavy atom. The zero-order chi connectivity index (χ0) is 22.9. The van der Waals surface area contributed by atoms with Gasteiger partial charge >= 0.3 is 5.97 Å². The molecule has 1 unspecified atom stereocenters. The van der Waals surface area contributed by atoms with Gasteiger partial charge in [-0.3, -0.25) is 4.79 Å². The van der Waals surface area contributed by atoms with Crippen molar-refractivity contribution in [3.63, 3.8) is 0 Å². The van der Waals surface area contributed by atoms with Crippen LogP contribution in [0.15, 0.2) is 53.4 Å². The van der Waals surface area contributed by atoms with E-state index in [1.54, 1.807) is 25.1 Å². The molecule has 1 atom stereocenters. The third kappa shape index (κ3) is 4.52. The van der Waals surface area contributed by atoms with Crippen molar-refractivity contribution in [1.82, 2.24) is 4.31 Å². The molecule has 0 aliphatic carbocycles. The number of carbonyl (C=O) groups is 2. The average molecular weight is 493 g/mol. The highest BCUT2D eigenvalue weighted by Gasteiger charge is 2.39. The number of ether oxygens (including phenoxy) is 1. The fraction of sp³-hybridized carbons (Fsp3) is 0.273. The molecule has 4 rings (SSSR count). The number of hydrogen-bond donors (Lipinski definition) is 1. The third-order valence-electron chi connectivity index (χ3n) is 5.19. The minimum Gasteiger partial charge on any atom is -0.462 e. The summed E-state index contributed by atoms with van der Waals surface area (Å²) in [6.07, 6.45) is 1.03. The lowest BCUT2D eigenvalue weighted by atomic mass is 10.2. The summed E-state index contributed by atoms with van der Waals surface area (Å²) in [6, 6.07) is 12.1. The summed E-state index contributed by atoms with van der Waals surface area (Å²) in [5.41, 5.74) is 0.534. The normalized spacial score (nSPS) is 16.9. The Morgan fingerprint density at radius 2 is 1.94 bits per heavy atom. The summed E-state index contributed by atoms with van der Waals surface area (Å²) in [5, 5.41) is 4.06. The lowest BCUT2D eigenvalue weighted by molar-refractivity contribution is -0.119. The molecule has 1 fully saturated rings. The van der Waals surface area contributed by atoms with Crippen LogP contribution in [-0.2, 0) is 19.6 Å². The minimum atomic E-state index is -3.82. The van der Waals surface area contributed by atoms with Crippen molar-refractivity contribution in [2.75, 3.05) is 18.5 Å². The van der Waals surface area contributed by atoms with Crippen LogP contribution in [0.1, 0.15) is 29.4 Å². The zero-order valence-corrected chi connectivity index (χ0v) is 19.6. The first-order chi connectivity index (χ1) is 15.3. The van der Waals surface area contributed by atoms with E-state index in [1.165, 1.54) is 39.9 Å². The minimum absolute atomic E-state index is 0.104. The zero-order valence-electron chi connectivity index (χ0n) is 17.2. The number of thiophene rings is 1. The highest BCUT2D eigenvalue weighted by atomic mass is 35.5. The Hall–Kier alpha value is -2.46. The molecule has 0 spiro atoms. The van der Waals surface area contributed by atoms with Crippen molar-refractivity contribution in [2.24, 2.45) is 0 Å². The van der Waals surface area contributed by atoms with Crippen LogP contribution in [-0.4, -0.2) is 43.8 Å². The van der Waals surface area contributed by atoms with Crippen LogP contribution in [0.4, 0.5) is 5.69 Å². The van der Waals surface area contributed by atoms with E-state index in [0.29, 0.717) is 35.0 Å². The van der Waals surface area contributed by atoms with Gasteiger partial charge in [0.15, 0.2) is 0 Å². The van der Waals surface area contributed by atoms with Crippen molar-refractivity contribution >= 4 is 60.6 Å². The predicted molar refractivity (Wildman–Crippen MR) is 125 cm³/mol. The number of hydrogen-bond acceptors (Lipinski definition) is 6. The SMILES string of the molecule is CCOC(=O)c1cc2cc(NC(=O)C3CCCN3S(=O)(=O)c3ccc(Cl)cc3)ccc2s1. The quantitative estimate of drug-likeness (QED) is 0.510. The lowest BCUT2D eigenvalue weighted by Crippen LogP contribution is -2.43. The molecule has 1 N–H and O–H groups in total. The largest absolute Gasteiger partial charge is 0.462 e. The fourth-order valence-electron chi connectivity index (χ4n) is 3.68. The van der Waals surface area contributed by atoms with Crippen LogP contribution in [0.25, 0.3) is 10.1 Å². The Balaban J connectivity index is 1.53. The maximum Gasteiger partial charge on any atom is 0.348 e. The van der Waals surface area contributed by atoms with Gasteiger partial charge in [-0.25, -0.2) is 13.2 Å². The van der Waals surface area contributed by atoms with Crippen molar-refractivity contribution in [3.05, 3.63) is 58.4 Å². The number of carbonyl (C=O) groups excluding carboxylic acids is 2. The molecule has 10 heteroatoms. The van der Waals surface area contributed by atoms with Crippen LogP contribution in [0.2, 0.25) is 5.02 Å². The predicted octanol–water partition coefficient (Wildman–Crippen LogP) is 4.52. The molecule has 168 valence electrons. The van der Waals surface area contributed by atoms with Crippen molar-refractivity contribution < 1.29 is 22.7 Å². The number of halogens is 1. The monoisotopic (exact) mass is 492 g/mol. The molecule has 7 nitrogen and oxygen atoms in total. The Bertz CT molecular complexity index is 1270.